The van der Waals surface area contributed by atoms with Crippen molar-refractivity contribution in [1.82, 2.24) is 19.9 Å². The number of nitrogens with zero attached hydrogens (tertiary/aromatic N) is 5. The third-order valence-corrected chi connectivity index (χ3v) is 13.5. The molecule has 0 unspecified atom stereocenters. The monoisotopic (exact) mass is 844 g/mol. The maximum Gasteiger partial charge on any atom is 0.414 e. The second-order valence-electron chi connectivity index (χ2n) is 18.6. The lowest BCUT2D eigenvalue weighted by atomic mass is 9.74. The molecule has 0 saturated carbocycles. The summed E-state index contributed by atoms with van der Waals surface area (Å²) in [7, 11) is 0. The molecule has 4 aromatic rings. The fraction of sp³-hybridized carbons (Fsp3) is 0.533. The van der Waals surface area contributed by atoms with Crippen LogP contribution in [0.5, 0.6) is 0 Å². The number of carbonyl (C=O) groups is 1. The van der Waals surface area contributed by atoms with Crippen molar-refractivity contribution in [1.29, 1.82) is 0 Å². The van der Waals surface area contributed by atoms with Gasteiger partial charge in [-0.2, -0.15) is 0 Å². The minimum atomic E-state index is -0.730. The molecule has 2 aliphatic carbocycles. The molecule has 6 aliphatic rings. The minimum absolute atomic E-state index is 0.0237. The Kier molecular flexibility index (Phi) is 10.4. The van der Waals surface area contributed by atoms with E-state index in [1.54, 1.807) is 20.8 Å². The maximum absolute atomic E-state index is 15.1. The second kappa shape index (κ2) is 15.5. The van der Waals surface area contributed by atoms with E-state index >= 15 is 4.39 Å². The summed E-state index contributed by atoms with van der Waals surface area (Å²) in [4.78, 5) is 58.7. The molecule has 4 aliphatic heterocycles. The number of H-pyrrole nitrogens is 2. The molecule has 6 heterocycles. The normalized spacial score (nSPS) is 19.7. The van der Waals surface area contributed by atoms with Crippen molar-refractivity contribution in [2.45, 2.75) is 114 Å². The van der Waals surface area contributed by atoms with Crippen LogP contribution < -0.4 is 31.1 Å². The van der Waals surface area contributed by atoms with Crippen molar-refractivity contribution >= 4 is 29.4 Å². The van der Waals surface area contributed by atoms with Gasteiger partial charge in [-0.25, -0.2) is 32.3 Å². The minimum Gasteiger partial charge on any atom is -0.443 e. The zero-order valence-corrected chi connectivity index (χ0v) is 34.9. The second-order valence-corrected chi connectivity index (χ2v) is 18.6. The molecule has 2 aromatic heterocycles. The topological polar surface area (TPSA) is 140 Å². The zero-order valence-electron chi connectivity index (χ0n) is 34.9. The van der Waals surface area contributed by atoms with Crippen molar-refractivity contribution in [2.24, 2.45) is 0 Å². The quantitative estimate of drug-likeness (QED) is 0.180. The Bertz CT molecular complexity index is 2500. The number of anilines is 4. The van der Waals surface area contributed by atoms with E-state index in [-0.39, 0.29) is 28.8 Å². The highest BCUT2D eigenvalue weighted by atomic mass is 19.1. The summed E-state index contributed by atoms with van der Waals surface area (Å²) in [6.07, 6.45) is 9.29. The Morgan fingerprint density at radius 2 is 1.18 bits per heavy atom. The van der Waals surface area contributed by atoms with Crippen molar-refractivity contribution < 1.29 is 27.1 Å². The summed E-state index contributed by atoms with van der Waals surface area (Å²) in [5.41, 5.74) is 3.38. The van der Waals surface area contributed by atoms with Crippen LogP contribution >= 0.6 is 0 Å². The Balaban J connectivity index is 0.000000160. The lowest BCUT2D eigenvalue weighted by molar-refractivity contribution is 0.0576. The summed E-state index contributed by atoms with van der Waals surface area (Å²) >= 11 is 0. The SMILES string of the molecule is CC(C)(C)OC(=O)N1CC2(CCN(c3nc4c(c(=O)[nH]3)CCCC4)CC2)c2c(F)cc(F)cc21.O=c1[nH]c(N2CCC3(CC2)CNc2cc(F)cc(F)c23)nc2c1CCCC2. The van der Waals surface area contributed by atoms with Gasteiger partial charge in [-0.05, 0) is 110 Å². The first-order valence-electron chi connectivity index (χ1n) is 21.6. The number of piperidine rings is 2. The highest BCUT2D eigenvalue weighted by Gasteiger charge is 2.50. The third-order valence-electron chi connectivity index (χ3n) is 13.5. The molecule has 0 atom stereocenters. The van der Waals surface area contributed by atoms with E-state index in [2.05, 4.69) is 20.2 Å². The number of nitrogens with one attached hydrogen (secondary N) is 3. The molecule has 3 N–H and O–H groups in total. The number of aromatic amines is 2. The van der Waals surface area contributed by atoms with Gasteiger partial charge in [-0.15, -0.1) is 0 Å². The predicted octanol–water partition coefficient (Wildman–Crippen LogP) is 7.11. The molecule has 324 valence electrons. The standard InChI is InChI=1S/C25H30F2N4O3.C20H22F2N4O/c1-24(2,3)34-23(33)31-14-25(20-17(27)12-15(26)13-19(20)31)8-10-30(11-9-25)22-28-18-7-5-4-6-16(18)21(32)29-22;21-12-9-14(22)17-16(10-12)23-11-20(17)5-7-26(8-6-20)19-24-15-4-2-1-3-13(15)18(27)25-19/h12-13H,4-11,14H2,1-3H3,(H,28,29,32);9-10,23H,1-8,11H2,(H,24,25,27). The molecule has 2 saturated heterocycles. The molecule has 0 radical (unpaired) electrons. The van der Waals surface area contributed by atoms with Gasteiger partial charge in [0.15, 0.2) is 0 Å². The number of ether oxygens (including phenoxy) is 1. The van der Waals surface area contributed by atoms with E-state index in [1.807, 2.05) is 4.90 Å². The summed E-state index contributed by atoms with van der Waals surface area (Å²) in [6, 6.07) is 4.45. The van der Waals surface area contributed by atoms with E-state index < -0.39 is 40.4 Å². The Morgan fingerprint density at radius 1 is 0.689 bits per heavy atom. The number of fused-ring (bicyclic) bond motifs is 6. The highest BCUT2D eigenvalue weighted by Crippen LogP contribution is 2.50. The molecule has 61 heavy (non-hydrogen) atoms. The van der Waals surface area contributed by atoms with E-state index in [4.69, 9.17) is 14.7 Å². The number of hydrogen-bond donors (Lipinski definition) is 3. The van der Waals surface area contributed by atoms with Gasteiger partial charge in [0.05, 0.1) is 17.1 Å². The molecule has 2 fully saturated rings. The largest absolute Gasteiger partial charge is 0.443 e. The highest BCUT2D eigenvalue weighted by molar-refractivity contribution is 5.92. The van der Waals surface area contributed by atoms with E-state index in [9.17, 15) is 27.6 Å². The first-order chi connectivity index (χ1) is 29.1. The molecule has 2 spiro atoms. The number of carbonyl (C=O) groups excluding carboxylic acids is 1. The van der Waals surface area contributed by atoms with Gasteiger partial charge >= 0.3 is 6.09 Å². The Labute approximate surface area is 351 Å². The number of benzene rings is 2. The molecule has 16 heteroatoms. The molecular weight excluding hydrogens is 793 g/mol. The fourth-order valence-corrected chi connectivity index (χ4v) is 10.5. The fourth-order valence-electron chi connectivity index (χ4n) is 10.5. The zero-order chi connectivity index (χ0) is 42.8. The maximum atomic E-state index is 15.1. The van der Waals surface area contributed by atoms with E-state index in [0.717, 1.165) is 98.9 Å². The molecule has 12 nitrogen and oxygen atoms in total. The number of halogens is 4. The van der Waals surface area contributed by atoms with Gasteiger partial charge in [0.25, 0.3) is 11.1 Å². The van der Waals surface area contributed by atoms with Crippen LogP contribution in [0.15, 0.2) is 33.9 Å². The van der Waals surface area contributed by atoms with Crippen molar-refractivity contribution in [2.75, 3.05) is 59.3 Å². The Hall–Kier alpha value is -5.41. The lowest BCUT2D eigenvalue weighted by Crippen LogP contribution is -2.47. The van der Waals surface area contributed by atoms with Crippen LogP contribution in [0.25, 0.3) is 0 Å². The van der Waals surface area contributed by atoms with Gasteiger partial charge < -0.3 is 19.9 Å². The predicted molar refractivity (Wildman–Crippen MR) is 224 cm³/mol. The van der Waals surface area contributed by atoms with E-state index in [0.29, 0.717) is 74.3 Å². The summed E-state index contributed by atoms with van der Waals surface area (Å²) in [6.45, 7) is 8.53. The number of aryl methyl sites for hydroxylation is 2. The van der Waals surface area contributed by atoms with Gasteiger partial charge in [-0.1, -0.05) is 0 Å². The number of rotatable bonds is 2. The van der Waals surface area contributed by atoms with Crippen molar-refractivity contribution in [3.05, 3.63) is 102 Å². The average molecular weight is 845 g/mol. The molecule has 10 rings (SSSR count). The van der Waals surface area contributed by atoms with Crippen LogP contribution in [0, 0.1) is 23.3 Å². The van der Waals surface area contributed by atoms with E-state index in [1.165, 1.54) is 17.0 Å². The van der Waals surface area contributed by atoms with Gasteiger partial charge in [0, 0.05) is 90.2 Å². The third kappa shape index (κ3) is 7.64. The average Bonchev–Trinajstić information content (AvgIpc) is 3.73. The molecule has 1 amide bonds. The van der Waals surface area contributed by atoms with Crippen LogP contribution in [-0.4, -0.2) is 70.9 Å². The van der Waals surface area contributed by atoms with Gasteiger partial charge in [0.1, 0.15) is 28.9 Å². The number of amides is 1. The summed E-state index contributed by atoms with van der Waals surface area (Å²) < 4.78 is 62.8. The van der Waals surface area contributed by atoms with Crippen molar-refractivity contribution in [3.63, 3.8) is 0 Å². The first-order valence-corrected chi connectivity index (χ1v) is 21.6. The van der Waals surface area contributed by atoms with Crippen LogP contribution in [0.2, 0.25) is 0 Å². The van der Waals surface area contributed by atoms with Crippen LogP contribution in [0.1, 0.15) is 106 Å². The molecule has 0 bridgehead atoms. The van der Waals surface area contributed by atoms with Crippen LogP contribution in [0.4, 0.5) is 45.6 Å². The smallest absolute Gasteiger partial charge is 0.414 e. The van der Waals surface area contributed by atoms with Crippen LogP contribution in [-0.2, 0) is 41.3 Å². The van der Waals surface area contributed by atoms with Crippen LogP contribution in [0.3, 0.4) is 0 Å². The first kappa shape index (κ1) is 41.0. The molecule has 2 aromatic carbocycles. The van der Waals surface area contributed by atoms with Gasteiger partial charge in [-0.3, -0.25) is 24.5 Å². The summed E-state index contributed by atoms with van der Waals surface area (Å²) in [5.74, 6) is -1.22. The lowest BCUT2D eigenvalue weighted by Gasteiger charge is -2.40. The Morgan fingerprint density at radius 3 is 1.72 bits per heavy atom. The summed E-state index contributed by atoms with van der Waals surface area (Å²) in [5, 5.41) is 3.18. The van der Waals surface area contributed by atoms with Crippen molar-refractivity contribution in [3.8, 4) is 0 Å². The van der Waals surface area contributed by atoms with Gasteiger partial charge in [0.2, 0.25) is 11.9 Å². The molecular formula is C45H52F4N8O4. The number of aromatic nitrogens is 4. The number of hydrogen-bond acceptors (Lipinski definition) is 9.